The lowest BCUT2D eigenvalue weighted by Gasteiger charge is -2.35. The van der Waals surface area contributed by atoms with Gasteiger partial charge in [-0.1, -0.05) is 20.3 Å². The number of hydrogen-bond donors (Lipinski definition) is 3. The average Bonchev–Trinajstić information content (AvgIpc) is 2.37. The zero-order chi connectivity index (χ0) is 14.8. The van der Waals surface area contributed by atoms with Crippen LogP contribution >= 0.6 is 0 Å². The van der Waals surface area contributed by atoms with Crippen molar-refractivity contribution in [3.63, 3.8) is 0 Å². The zero-order valence-electron chi connectivity index (χ0n) is 12.0. The lowest BCUT2D eigenvalue weighted by molar-refractivity contribution is 0.212. The van der Waals surface area contributed by atoms with Gasteiger partial charge in [-0.25, -0.2) is 13.1 Å². The largest absolute Gasteiger partial charge is 0.324 e. The number of anilines is 1. The molecule has 1 aliphatic rings. The van der Waals surface area contributed by atoms with E-state index in [1.54, 1.807) is 24.3 Å². The first-order valence-electron chi connectivity index (χ1n) is 6.91. The molecule has 6 heteroatoms. The van der Waals surface area contributed by atoms with Crippen molar-refractivity contribution in [1.82, 2.24) is 4.72 Å². The smallest absolute Gasteiger partial charge is 0.240 e. The van der Waals surface area contributed by atoms with E-state index < -0.39 is 10.0 Å². The van der Waals surface area contributed by atoms with Gasteiger partial charge in [-0.05, 0) is 48.9 Å². The standard InChI is InChI=1S/C14H23N3O2S/c1-14(2)9-3-4-12(10-14)17-20(18,19)13-7-5-11(16-15)6-8-13/h5-8,12,16-17H,3-4,9-10,15H2,1-2H3. The monoisotopic (exact) mass is 297 g/mol. The molecule has 0 aliphatic heterocycles. The Morgan fingerprint density at radius 3 is 2.45 bits per heavy atom. The van der Waals surface area contributed by atoms with Gasteiger partial charge in [0, 0.05) is 11.7 Å². The van der Waals surface area contributed by atoms with Gasteiger partial charge >= 0.3 is 0 Å². The van der Waals surface area contributed by atoms with Crippen molar-refractivity contribution in [3.05, 3.63) is 24.3 Å². The number of nitrogen functional groups attached to an aromatic ring is 1. The van der Waals surface area contributed by atoms with E-state index in [1.807, 2.05) is 0 Å². The van der Waals surface area contributed by atoms with Crippen molar-refractivity contribution in [1.29, 1.82) is 0 Å². The lowest BCUT2D eigenvalue weighted by Crippen LogP contribution is -2.40. The highest BCUT2D eigenvalue weighted by Gasteiger charge is 2.30. The Morgan fingerprint density at radius 2 is 1.90 bits per heavy atom. The molecule has 1 fully saturated rings. The SMILES string of the molecule is CC1(C)CCCC(NS(=O)(=O)c2ccc(NN)cc2)C1. The summed E-state index contributed by atoms with van der Waals surface area (Å²) in [6.07, 6.45) is 4.01. The fraction of sp³-hybridized carbons (Fsp3) is 0.571. The van der Waals surface area contributed by atoms with Crippen LogP contribution in [0.1, 0.15) is 39.5 Å². The Morgan fingerprint density at radius 1 is 1.25 bits per heavy atom. The molecule has 0 aromatic heterocycles. The van der Waals surface area contributed by atoms with Gasteiger partial charge < -0.3 is 5.43 Å². The van der Waals surface area contributed by atoms with E-state index >= 15 is 0 Å². The second-order valence-corrected chi connectivity index (χ2v) is 7.96. The Balaban J connectivity index is 2.10. The maximum absolute atomic E-state index is 12.3. The summed E-state index contributed by atoms with van der Waals surface area (Å²) in [5, 5.41) is 0. The average molecular weight is 297 g/mol. The van der Waals surface area contributed by atoms with Crippen LogP contribution in [0.3, 0.4) is 0 Å². The van der Waals surface area contributed by atoms with Gasteiger partial charge in [0.15, 0.2) is 0 Å². The molecule has 0 amide bonds. The molecule has 1 unspecified atom stereocenters. The molecule has 0 radical (unpaired) electrons. The summed E-state index contributed by atoms with van der Waals surface area (Å²) in [6.45, 7) is 4.38. The highest BCUT2D eigenvalue weighted by molar-refractivity contribution is 7.89. The lowest BCUT2D eigenvalue weighted by atomic mass is 9.75. The van der Waals surface area contributed by atoms with E-state index in [9.17, 15) is 8.42 Å². The predicted molar refractivity (Wildman–Crippen MR) is 80.6 cm³/mol. The zero-order valence-corrected chi connectivity index (χ0v) is 12.8. The molecule has 1 aliphatic carbocycles. The quantitative estimate of drug-likeness (QED) is 0.587. The van der Waals surface area contributed by atoms with Crippen molar-refractivity contribution >= 4 is 15.7 Å². The predicted octanol–water partition coefficient (Wildman–Crippen LogP) is 2.22. The van der Waals surface area contributed by atoms with Crippen LogP contribution in [0.15, 0.2) is 29.2 Å². The van der Waals surface area contributed by atoms with Crippen LogP contribution in [0.2, 0.25) is 0 Å². The molecule has 112 valence electrons. The van der Waals surface area contributed by atoms with Crippen LogP contribution in [-0.2, 0) is 10.0 Å². The molecule has 20 heavy (non-hydrogen) atoms. The van der Waals surface area contributed by atoms with Crippen molar-refractivity contribution < 1.29 is 8.42 Å². The first-order chi connectivity index (χ1) is 9.32. The minimum Gasteiger partial charge on any atom is -0.324 e. The Hall–Kier alpha value is -1.11. The van der Waals surface area contributed by atoms with Crippen molar-refractivity contribution in [2.24, 2.45) is 11.3 Å². The van der Waals surface area contributed by atoms with Crippen LogP contribution in [0.5, 0.6) is 0 Å². The summed E-state index contributed by atoms with van der Waals surface area (Å²) < 4.78 is 27.5. The van der Waals surface area contributed by atoms with Crippen LogP contribution in [-0.4, -0.2) is 14.5 Å². The van der Waals surface area contributed by atoms with Crippen molar-refractivity contribution in [2.75, 3.05) is 5.43 Å². The Kier molecular flexibility index (Phi) is 4.36. The van der Waals surface area contributed by atoms with Gasteiger partial charge in [-0.2, -0.15) is 0 Å². The maximum Gasteiger partial charge on any atom is 0.240 e. The first-order valence-corrected chi connectivity index (χ1v) is 8.40. The number of nitrogens with two attached hydrogens (primary N) is 1. The number of hydrogen-bond acceptors (Lipinski definition) is 4. The second kappa shape index (κ2) is 5.71. The third-order valence-electron chi connectivity index (χ3n) is 3.86. The van der Waals surface area contributed by atoms with E-state index in [4.69, 9.17) is 5.84 Å². The minimum absolute atomic E-state index is 0.0241. The van der Waals surface area contributed by atoms with E-state index in [2.05, 4.69) is 24.0 Å². The second-order valence-electron chi connectivity index (χ2n) is 6.25. The highest BCUT2D eigenvalue weighted by Crippen LogP contribution is 2.35. The molecule has 0 heterocycles. The fourth-order valence-electron chi connectivity index (χ4n) is 2.82. The molecule has 0 spiro atoms. The summed E-state index contributed by atoms with van der Waals surface area (Å²) in [7, 11) is -3.45. The van der Waals surface area contributed by atoms with Crippen LogP contribution < -0.4 is 16.0 Å². The van der Waals surface area contributed by atoms with E-state index in [-0.39, 0.29) is 16.4 Å². The van der Waals surface area contributed by atoms with Gasteiger partial charge in [0.1, 0.15) is 0 Å². The van der Waals surface area contributed by atoms with Crippen LogP contribution in [0.4, 0.5) is 5.69 Å². The van der Waals surface area contributed by atoms with Crippen LogP contribution in [0, 0.1) is 5.41 Å². The summed E-state index contributed by atoms with van der Waals surface area (Å²) in [4.78, 5) is 0.278. The third-order valence-corrected chi connectivity index (χ3v) is 5.39. The number of rotatable bonds is 4. The molecule has 0 saturated heterocycles. The minimum atomic E-state index is -3.45. The number of hydrazine groups is 1. The van der Waals surface area contributed by atoms with Gasteiger partial charge in [-0.15, -0.1) is 0 Å². The van der Waals surface area contributed by atoms with Gasteiger partial charge in [0.25, 0.3) is 0 Å². The molecule has 5 nitrogen and oxygen atoms in total. The summed E-state index contributed by atoms with van der Waals surface area (Å²) in [6, 6.07) is 6.45. The normalized spacial score (nSPS) is 22.4. The van der Waals surface area contributed by atoms with Crippen molar-refractivity contribution in [2.45, 2.75) is 50.5 Å². The Bertz CT molecular complexity index is 552. The van der Waals surface area contributed by atoms with E-state index in [1.165, 1.54) is 0 Å². The molecule has 4 N–H and O–H groups in total. The fourth-order valence-corrected chi connectivity index (χ4v) is 4.09. The van der Waals surface area contributed by atoms with Gasteiger partial charge in [0.05, 0.1) is 4.90 Å². The summed E-state index contributed by atoms with van der Waals surface area (Å²) in [5.74, 6) is 5.27. The summed E-state index contributed by atoms with van der Waals surface area (Å²) >= 11 is 0. The third kappa shape index (κ3) is 3.71. The Labute approximate surface area is 121 Å². The molecule has 2 rings (SSSR count). The number of benzene rings is 1. The molecule has 1 atom stereocenters. The molecular weight excluding hydrogens is 274 g/mol. The topological polar surface area (TPSA) is 84.2 Å². The number of sulfonamides is 1. The summed E-state index contributed by atoms with van der Waals surface area (Å²) in [5.41, 5.74) is 3.37. The van der Waals surface area contributed by atoms with Crippen LogP contribution in [0.25, 0.3) is 0 Å². The molecule has 1 aromatic rings. The molecule has 1 saturated carbocycles. The molecule has 1 aromatic carbocycles. The van der Waals surface area contributed by atoms with Gasteiger partial charge in [-0.3, -0.25) is 5.84 Å². The molecular formula is C14H23N3O2S. The highest BCUT2D eigenvalue weighted by atomic mass is 32.2. The first kappa shape index (κ1) is 15.3. The maximum atomic E-state index is 12.3. The van der Waals surface area contributed by atoms with Gasteiger partial charge in [0.2, 0.25) is 10.0 Å². The molecule has 0 bridgehead atoms. The van der Waals surface area contributed by atoms with E-state index in [0.29, 0.717) is 5.69 Å². The number of nitrogens with one attached hydrogen (secondary N) is 2. The van der Waals surface area contributed by atoms with Crippen molar-refractivity contribution in [3.8, 4) is 0 Å². The van der Waals surface area contributed by atoms with E-state index in [0.717, 1.165) is 25.7 Å².